The molecule has 0 spiro atoms. The Hall–Kier alpha value is -3.48. The molecule has 1 N–H and O–H groups in total. The smallest absolute Gasteiger partial charge is 0.211 e. The zero-order chi connectivity index (χ0) is 19.7. The number of nitrogens with one attached hydrogen (secondary N) is 1. The molecule has 2 aromatic carbocycles. The van der Waals surface area contributed by atoms with Crippen molar-refractivity contribution in [1.29, 1.82) is 0 Å². The molecule has 0 radical (unpaired) electrons. The molecular weight excluding hydrogens is 356 g/mol. The van der Waals surface area contributed by atoms with Crippen LogP contribution < -0.4 is 4.74 Å². The van der Waals surface area contributed by atoms with E-state index in [-0.39, 0.29) is 12.4 Å². The number of benzene rings is 2. The number of furan rings is 1. The highest BCUT2D eigenvalue weighted by molar-refractivity contribution is 6.17. The summed E-state index contributed by atoms with van der Waals surface area (Å²) >= 11 is 0. The van der Waals surface area contributed by atoms with E-state index in [2.05, 4.69) is 20.6 Å². The van der Waals surface area contributed by atoms with E-state index >= 15 is 0 Å². The van der Waals surface area contributed by atoms with Crippen molar-refractivity contribution in [2.24, 2.45) is 0 Å². The molecule has 2 heterocycles. The Morgan fingerprint density at radius 2 is 2.00 bits per heavy atom. The van der Waals surface area contributed by atoms with Gasteiger partial charge in [-0.15, -0.1) is 10.2 Å². The number of nitrogens with zero attached hydrogens (tertiary/aromatic N) is 3. The summed E-state index contributed by atoms with van der Waals surface area (Å²) in [5, 5.41) is 14.5. The Balaban J connectivity index is 1.70. The first-order chi connectivity index (χ1) is 13.6. The van der Waals surface area contributed by atoms with Gasteiger partial charge in [-0.1, -0.05) is 30.3 Å². The number of aromatic nitrogens is 4. The summed E-state index contributed by atoms with van der Waals surface area (Å²) in [6, 6.07) is 11.4. The van der Waals surface area contributed by atoms with Crippen molar-refractivity contribution >= 4 is 16.8 Å². The van der Waals surface area contributed by atoms with E-state index in [0.29, 0.717) is 34.9 Å². The van der Waals surface area contributed by atoms with Crippen molar-refractivity contribution in [2.75, 3.05) is 0 Å². The second kappa shape index (κ2) is 7.26. The van der Waals surface area contributed by atoms with Gasteiger partial charge in [0.25, 0.3) is 0 Å². The molecule has 7 nitrogen and oxygen atoms in total. The fourth-order valence-corrected chi connectivity index (χ4v) is 3.30. The molecule has 7 heteroatoms. The number of hydrogen-bond donors (Lipinski definition) is 1. The summed E-state index contributed by atoms with van der Waals surface area (Å²) in [5.74, 6) is 1.83. The number of aryl methyl sites for hydroxylation is 3. The largest absolute Gasteiger partial charge is 0.485 e. The zero-order valence-corrected chi connectivity index (χ0v) is 15.9. The molecule has 0 aliphatic heterocycles. The molecule has 4 aromatic rings. The summed E-state index contributed by atoms with van der Waals surface area (Å²) in [6.07, 6.45) is 0.652. The summed E-state index contributed by atoms with van der Waals surface area (Å²) < 4.78 is 11.7. The van der Waals surface area contributed by atoms with Crippen molar-refractivity contribution < 1.29 is 13.9 Å². The summed E-state index contributed by atoms with van der Waals surface area (Å²) in [4.78, 5) is 13.4. The number of aromatic amines is 1. The Morgan fingerprint density at radius 3 is 2.75 bits per heavy atom. The van der Waals surface area contributed by atoms with Gasteiger partial charge in [-0.05, 0) is 43.2 Å². The highest BCUT2D eigenvalue weighted by Gasteiger charge is 2.23. The van der Waals surface area contributed by atoms with E-state index in [1.165, 1.54) is 0 Å². The van der Waals surface area contributed by atoms with Crippen LogP contribution in [0.5, 0.6) is 5.75 Å². The lowest BCUT2D eigenvalue weighted by atomic mass is 9.94. The van der Waals surface area contributed by atoms with Gasteiger partial charge in [0.1, 0.15) is 17.1 Å². The fraction of sp³-hybridized carbons (Fsp3) is 0.238. The molecule has 0 atom stereocenters. The van der Waals surface area contributed by atoms with Crippen LogP contribution in [-0.4, -0.2) is 26.4 Å². The molecule has 0 bridgehead atoms. The highest BCUT2D eigenvalue weighted by Crippen LogP contribution is 2.31. The number of carbonyl (C=O) groups excluding carboxylic acids is 1. The van der Waals surface area contributed by atoms with Crippen molar-refractivity contribution in [3.8, 4) is 5.75 Å². The molecular formula is C21H20N4O3. The maximum Gasteiger partial charge on any atom is 0.211 e. The van der Waals surface area contributed by atoms with E-state index in [1.807, 2.05) is 57.2 Å². The Kier molecular flexibility index (Phi) is 4.65. The second-order valence-corrected chi connectivity index (χ2v) is 6.63. The maximum atomic E-state index is 13.4. The number of hydrogen-bond acceptors (Lipinski definition) is 6. The minimum atomic E-state index is -0.0351. The molecule has 0 unspecified atom stereocenters. The van der Waals surface area contributed by atoms with Crippen molar-refractivity contribution in [3.63, 3.8) is 0 Å². The number of para-hydroxylation sites is 1. The van der Waals surface area contributed by atoms with Crippen LogP contribution in [-0.2, 0) is 13.0 Å². The van der Waals surface area contributed by atoms with Gasteiger partial charge in [0.05, 0.1) is 5.56 Å². The lowest BCUT2D eigenvalue weighted by Crippen LogP contribution is -2.07. The number of rotatable bonds is 6. The molecule has 0 aliphatic carbocycles. The van der Waals surface area contributed by atoms with Crippen molar-refractivity contribution in [2.45, 2.75) is 33.8 Å². The summed E-state index contributed by atoms with van der Waals surface area (Å²) in [5.41, 5.74) is 3.72. The quantitative estimate of drug-likeness (QED) is 0.512. The number of H-pyrrole nitrogens is 1. The second-order valence-electron chi connectivity index (χ2n) is 6.63. The van der Waals surface area contributed by atoms with E-state index < -0.39 is 0 Å². The third kappa shape index (κ3) is 3.15. The topological polar surface area (TPSA) is 93.9 Å². The van der Waals surface area contributed by atoms with E-state index in [1.54, 1.807) is 0 Å². The number of carbonyl (C=O) groups is 1. The Labute approximate surface area is 161 Å². The molecule has 0 saturated carbocycles. The van der Waals surface area contributed by atoms with Crippen LogP contribution >= 0.6 is 0 Å². The zero-order valence-electron chi connectivity index (χ0n) is 15.9. The standard InChI is InChI=1S/C21H20N4O3/c1-4-16-20(14-7-5-6-8-17(14)28-16)21(26)15-9-13(3)18(10-12(15)2)27-11-19-22-24-25-23-19/h5-10H,4,11H2,1-3H3,(H,22,23,24,25). The van der Waals surface area contributed by atoms with Gasteiger partial charge in [0.2, 0.25) is 5.82 Å². The summed E-state index contributed by atoms with van der Waals surface area (Å²) in [7, 11) is 0. The van der Waals surface area contributed by atoms with Crippen LogP contribution in [0.1, 0.15) is 45.6 Å². The average Bonchev–Trinajstić information content (AvgIpc) is 3.34. The van der Waals surface area contributed by atoms with Crippen molar-refractivity contribution in [1.82, 2.24) is 20.6 Å². The number of ether oxygens (including phenoxy) is 1. The molecule has 28 heavy (non-hydrogen) atoms. The molecule has 0 aliphatic rings. The molecule has 2 aromatic heterocycles. The van der Waals surface area contributed by atoms with E-state index in [0.717, 1.165) is 22.1 Å². The van der Waals surface area contributed by atoms with Gasteiger partial charge < -0.3 is 9.15 Å². The van der Waals surface area contributed by atoms with Crippen LogP contribution in [0.3, 0.4) is 0 Å². The van der Waals surface area contributed by atoms with Crippen LogP contribution in [0.2, 0.25) is 0 Å². The maximum absolute atomic E-state index is 13.4. The van der Waals surface area contributed by atoms with Gasteiger partial charge in [-0.2, -0.15) is 5.21 Å². The first-order valence-corrected chi connectivity index (χ1v) is 9.10. The number of ketones is 1. The predicted molar refractivity (Wildman–Crippen MR) is 103 cm³/mol. The van der Waals surface area contributed by atoms with Crippen LogP contribution in [0.4, 0.5) is 0 Å². The normalized spacial score (nSPS) is 11.1. The minimum Gasteiger partial charge on any atom is -0.485 e. The monoisotopic (exact) mass is 376 g/mol. The lowest BCUT2D eigenvalue weighted by molar-refractivity contribution is 0.103. The minimum absolute atomic E-state index is 0.0351. The summed E-state index contributed by atoms with van der Waals surface area (Å²) in [6.45, 7) is 6.01. The molecule has 142 valence electrons. The van der Waals surface area contributed by atoms with Crippen LogP contribution in [0.15, 0.2) is 40.8 Å². The van der Waals surface area contributed by atoms with Gasteiger partial charge in [0.15, 0.2) is 12.4 Å². The van der Waals surface area contributed by atoms with Gasteiger partial charge in [-0.25, -0.2) is 0 Å². The van der Waals surface area contributed by atoms with Gasteiger partial charge >= 0.3 is 0 Å². The molecule has 0 saturated heterocycles. The third-order valence-electron chi connectivity index (χ3n) is 4.73. The SMILES string of the molecule is CCc1oc2ccccc2c1C(=O)c1cc(C)c(OCc2nn[nH]n2)cc1C. The fourth-order valence-electron chi connectivity index (χ4n) is 3.30. The Bertz CT molecular complexity index is 1150. The highest BCUT2D eigenvalue weighted by atomic mass is 16.5. The first-order valence-electron chi connectivity index (χ1n) is 9.10. The molecule has 0 amide bonds. The van der Waals surface area contributed by atoms with E-state index in [9.17, 15) is 4.79 Å². The third-order valence-corrected chi connectivity index (χ3v) is 4.73. The Morgan fingerprint density at radius 1 is 1.18 bits per heavy atom. The lowest BCUT2D eigenvalue weighted by Gasteiger charge is -2.12. The number of fused-ring (bicyclic) bond motifs is 1. The van der Waals surface area contributed by atoms with Crippen LogP contribution in [0.25, 0.3) is 11.0 Å². The predicted octanol–water partition coefficient (Wildman–Crippen LogP) is 3.94. The van der Waals surface area contributed by atoms with Gasteiger partial charge in [0, 0.05) is 17.4 Å². The van der Waals surface area contributed by atoms with E-state index in [4.69, 9.17) is 9.15 Å². The molecule has 4 rings (SSSR count). The van der Waals surface area contributed by atoms with Crippen LogP contribution in [0, 0.1) is 13.8 Å². The average molecular weight is 376 g/mol. The first kappa shape index (κ1) is 17.9. The van der Waals surface area contributed by atoms with Crippen molar-refractivity contribution in [3.05, 3.63) is 70.2 Å². The molecule has 0 fully saturated rings. The van der Waals surface area contributed by atoms with Gasteiger partial charge in [-0.3, -0.25) is 4.79 Å². The number of tetrazole rings is 1.